The van der Waals surface area contributed by atoms with E-state index in [1.54, 1.807) is 0 Å². The molecule has 0 fully saturated rings. The third kappa shape index (κ3) is 54.1. The topological polar surface area (TPSA) is 78.9 Å². The lowest BCUT2D eigenvalue weighted by atomic mass is 10.0. The molecule has 0 rings (SSSR count). The quantitative estimate of drug-likeness (QED) is 0.0262. The SMILES string of the molecule is CCC/C=C\C/C=C\CCCCCCCC(=O)OC(COC(=O)CCCCCCCCCCCC/C=C\C/C=C\C/C=C\CCCCCCC)COC(=O)CCCCCCCCCCCCCC. The molecule has 0 N–H and O–H groups in total. The van der Waals surface area contributed by atoms with Crippen LogP contribution in [0.5, 0.6) is 0 Å². The van der Waals surface area contributed by atoms with E-state index in [1.807, 2.05) is 0 Å². The van der Waals surface area contributed by atoms with Crippen molar-refractivity contribution < 1.29 is 28.6 Å². The molecule has 0 aromatic carbocycles. The van der Waals surface area contributed by atoms with Gasteiger partial charge in [-0.3, -0.25) is 14.4 Å². The maximum atomic E-state index is 12.8. The fourth-order valence-electron chi connectivity index (χ4n) is 8.31. The Labute approximate surface area is 421 Å². The Hall–Kier alpha value is -2.89. The van der Waals surface area contributed by atoms with E-state index in [1.165, 1.54) is 154 Å². The number of carbonyl (C=O) groups is 3. The summed E-state index contributed by atoms with van der Waals surface area (Å²) in [6, 6.07) is 0. The molecule has 0 amide bonds. The van der Waals surface area contributed by atoms with Crippen molar-refractivity contribution in [2.45, 2.75) is 303 Å². The molecule has 0 aromatic heterocycles. The van der Waals surface area contributed by atoms with Crippen molar-refractivity contribution in [2.75, 3.05) is 13.2 Å². The zero-order valence-corrected chi connectivity index (χ0v) is 45.1. The molecule has 0 aliphatic carbocycles. The number of esters is 3. The molecule has 1 atom stereocenters. The maximum Gasteiger partial charge on any atom is 0.306 e. The monoisotopic (exact) mass is 951 g/mol. The van der Waals surface area contributed by atoms with Gasteiger partial charge in [-0.25, -0.2) is 0 Å². The lowest BCUT2D eigenvalue weighted by Gasteiger charge is -2.18. The minimum atomic E-state index is -0.781. The number of unbranched alkanes of at least 4 members (excludes halogenated alkanes) is 32. The minimum absolute atomic E-state index is 0.0787. The van der Waals surface area contributed by atoms with E-state index >= 15 is 0 Å². The highest BCUT2D eigenvalue weighted by Crippen LogP contribution is 2.16. The molecule has 0 aromatic rings. The van der Waals surface area contributed by atoms with Gasteiger partial charge in [0.2, 0.25) is 0 Å². The van der Waals surface area contributed by atoms with Gasteiger partial charge in [0.1, 0.15) is 13.2 Å². The molecule has 0 bridgehead atoms. The molecule has 0 spiro atoms. The largest absolute Gasteiger partial charge is 0.462 e. The van der Waals surface area contributed by atoms with E-state index in [-0.39, 0.29) is 31.1 Å². The molecule has 6 heteroatoms. The Morgan fingerprint density at radius 2 is 0.559 bits per heavy atom. The van der Waals surface area contributed by atoms with Gasteiger partial charge in [0.25, 0.3) is 0 Å². The predicted molar refractivity (Wildman–Crippen MR) is 293 cm³/mol. The van der Waals surface area contributed by atoms with Gasteiger partial charge in [-0.15, -0.1) is 0 Å². The van der Waals surface area contributed by atoms with E-state index in [4.69, 9.17) is 14.2 Å². The summed E-state index contributed by atoms with van der Waals surface area (Å²) in [4.78, 5) is 38.1. The van der Waals surface area contributed by atoms with E-state index in [0.717, 1.165) is 103 Å². The Kier molecular flexibility index (Phi) is 54.3. The van der Waals surface area contributed by atoms with Crippen LogP contribution < -0.4 is 0 Å². The summed E-state index contributed by atoms with van der Waals surface area (Å²) in [5.74, 6) is -0.887. The summed E-state index contributed by atoms with van der Waals surface area (Å²) < 4.78 is 16.8. The smallest absolute Gasteiger partial charge is 0.306 e. The predicted octanol–water partition coefficient (Wildman–Crippen LogP) is 19.6. The summed E-state index contributed by atoms with van der Waals surface area (Å²) in [6.45, 7) is 6.57. The Balaban J connectivity index is 4.26. The summed E-state index contributed by atoms with van der Waals surface area (Å²) in [5.41, 5.74) is 0. The van der Waals surface area contributed by atoms with Crippen molar-refractivity contribution >= 4 is 17.9 Å². The van der Waals surface area contributed by atoms with Gasteiger partial charge in [0.05, 0.1) is 0 Å². The number of rotatable bonds is 53. The highest BCUT2D eigenvalue weighted by Gasteiger charge is 2.19. The van der Waals surface area contributed by atoms with Gasteiger partial charge >= 0.3 is 17.9 Å². The molecular weight excluding hydrogens is 841 g/mol. The second-order valence-electron chi connectivity index (χ2n) is 19.6. The van der Waals surface area contributed by atoms with Crippen LogP contribution in [0.15, 0.2) is 60.8 Å². The fourth-order valence-corrected chi connectivity index (χ4v) is 8.31. The van der Waals surface area contributed by atoms with E-state index < -0.39 is 6.10 Å². The van der Waals surface area contributed by atoms with Gasteiger partial charge in [0.15, 0.2) is 6.10 Å². The molecule has 0 radical (unpaired) electrons. The van der Waals surface area contributed by atoms with Crippen molar-refractivity contribution in [3.05, 3.63) is 60.8 Å². The highest BCUT2D eigenvalue weighted by molar-refractivity contribution is 5.71. The number of ether oxygens (including phenoxy) is 3. The molecule has 0 saturated carbocycles. The zero-order chi connectivity index (χ0) is 49.3. The highest BCUT2D eigenvalue weighted by atomic mass is 16.6. The summed E-state index contributed by atoms with van der Waals surface area (Å²) in [7, 11) is 0. The third-order valence-electron chi connectivity index (χ3n) is 12.7. The second-order valence-corrected chi connectivity index (χ2v) is 19.6. The van der Waals surface area contributed by atoms with Gasteiger partial charge in [-0.05, 0) is 83.5 Å². The van der Waals surface area contributed by atoms with Gasteiger partial charge in [0, 0.05) is 19.3 Å². The summed E-state index contributed by atoms with van der Waals surface area (Å²) in [5, 5.41) is 0. The van der Waals surface area contributed by atoms with Crippen LogP contribution in [0.1, 0.15) is 297 Å². The fraction of sp³-hybridized carbons (Fsp3) is 0.790. The molecule has 1 unspecified atom stereocenters. The Morgan fingerprint density at radius 3 is 0.882 bits per heavy atom. The molecular formula is C62H110O6. The summed E-state index contributed by atoms with van der Waals surface area (Å²) in [6.07, 6.45) is 70.7. The zero-order valence-electron chi connectivity index (χ0n) is 45.1. The van der Waals surface area contributed by atoms with Crippen LogP contribution >= 0.6 is 0 Å². The Morgan fingerprint density at radius 1 is 0.294 bits per heavy atom. The minimum Gasteiger partial charge on any atom is -0.462 e. The standard InChI is InChI=1S/C62H110O6/c1-4-7-10-13-16-19-22-25-26-27-28-29-30-31-32-33-34-35-36-38-40-43-46-49-52-55-61(64)67-58-59(57-66-60(63)54-51-48-45-42-39-24-21-18-15-12-9-6-3)68-62(65)56-53-50-47-44-41-37-23-20-17-14-11-8-5-2/h11,14,20,22-23,25,27-28,30-31,59H,4-10,12-13,15-19,21,24,26,29,32-58H2,1-3H3/b14-11-,23-20-,25-22-,28-27-,31-30-. The molecule has 0 heterocycles. The van der Waals surface area contributed by atoms with Crippen molar-refractivity contribution in [3.63, 3.8) is 0 Å². The van der Waals surface area contributed by atoms with Crippen LogP contribution in [0.25, 0.3) is 0 Å². The van der Waals surface area contributed by atoms with Gasteiger partial charge in [-0.1, -0.05) is 255 Å². The van der Waals surface area contributed by atoms with Crippen LogP contribution in [0.2, 0.25) is 0 Å². The lowest BCUT2D eigenvalue weighted by Crippen LogP contribution is -2.30. The maximum absolute atomic E-state index is 12.8. The lowest BCUT2D eigenvalue weighted by molar-refractivity contribution is -0.167. The molecule has 0 aliphatic heterocycles. The number of carbonyl (C=O) groups excluding carboxylic acids is 3. The van der Waals surface area contributed by atoms with Crippen molar-refractivity contribution in [1.29, 1.82) is 0 Å². The van der Waals surface area contributed by atoms with Crippen molar-refractivity contribution in [3.8, 4) is 0 Å². The molecule has 68 heavy (non-hydrogen) atoms. The van der Waals surface area contributed by atoms with Gasteiger partial charge in [-0.2, -0.15) is 0 Å². The normalized spacial score (nSPS) is 12.5. The molecule has 6 nitrogen and oxygen atoms in total. The van der Waals surface area contributed by atoms with Crippen LogP contribution in [0.4, 0.5) is 0 Å². The molecule has 0 saturated heterocycles. The van der Waals surface area contributed by atoms with E-state index in [2.05, 4.69) is 81.5 Å². The number of allylic oxidation sites excluding steroid dienone is 10. The van der Waals surface area contributed by atoms with E-state index in [0.29, 0.717) is 19.3 Å². The molecule has 0 aliphatic rings. The van der Waals surface area contributed by atoms with Crippen LogP contribution in [-0.4, -0.2) is 37.2 Å². The van der Waals surface area contributed by atoms with Crippen molar-refractivity contribution in [2.24, 2.45) is 0 Å². The van der Waals surface area contributed by atoms with Crippen LogP contribution in [0.3, 0.4) is 0 Å². The summed E-state index contributed by atoms with van der Waals surface area (Å²) >= 11 is 0. The van der Waals surface area contributed by atoms with Crippen LogP contribution in [0, 0.1) is 0 Å². The second kappa shape index (κ2) is 56.7. The molecule has 394 valence electrons. The van der Waals surface area contributed by atoms with Crippen molar-refractivity contribution in [1.82, 2.24) is 0 Å². The number of hydrogen-bond acceptors (Lipinski definition) is 6. The van der Waals surface area contributed by atoms with E-state index in [9.17, 15) is 14.4 Å². The van der Waals surface area contributed by atoms with Gasteiger partial charge < -0.3 is 14.2 Å². The number of hydrogen-bond donors (Lipinski definition) is 0. The average molecular weight is 952 g/mol. The third-order valence-corrected chi connectivity index (χ3v) is 12.7. The first-order chi connectivity index (χ1) is 33.5. The average Bonchev–Trinajstić information content (AvgIpc) is 3.34. The first-order valence-electron chi connectivity index (χ1n) is 29.3. The Bertz CT molecular complexity index is 1230. The first kappa shape index (κ1) is 65.1. The van der Waals surface area contributed by atoms with Crippen LogP contribution in [-0.2, 0) is 28.6 Å². The first-order valence-corrected chi connectivity index (χ1v) is 29.3.